The molecule has 0 fully saturated rings. The first-order valence-electron chi connectivity index (χ1n) is 5.94. The lowest BCUT2D eigenvalue weighted by Crippen LogP contribution is -2.12. The van der Waals surface area contributed by atoms with Crippen LogP contribution in [0, 0.1) is 6.92 Å². The van der Waals surface area contributed by atoms with Gasteiger partial charge in [-0.05, 0) is 46.6 Å². The molecule has 0 saturated carbocycles. The number of hydrogen-bond acceptors (Lipinski definition) is 3. The molecule has 2 heterocycles. The van der Waals surface area contributed by atoms with E-state index in [1.807, 2.05) is 6.92 Å². The summed E-state index contributed by atoms with van der Waals surface area (Å²) in [5.74, 6) is 0. The largest absolute Gasteiger partial charge is 0.268 e. The molecular weight excluding hydrogens is 340 g/mol. The third-order valence-corrected chi connectivity index (χ3v) is 5.65. The molecule has 2 aromatic heterocycles. The quantitative estimate of drug-likeness (QED) is 0.712. The van der Waals surface area contributed by atoms with E-state index in [9.17, 15) is 8.42 Å². The van der Waals surface area contributed by atoms with Crippen LogP contribution in [0.1, 0.15) is 5.56 Å². The van der Waals surface area contributed by atoms with E-state index in [-0.39, 0.29) is 4.90 Å². The Morgan fingerprint density at radius 2 is 1.85 bits per heavy atom. The van der Waals surface area contributed by atoms with Crippen molar-refractivity contribution in [1.82, 2.24) is 8.96 Å². The van der Waals surface area contributed by atoms with Gasteiger partial charge in [-0.1, -0.05) is 18.2 Å². The molecule has 0 N–H and O–H groups in total. The van der Waals surface area contributed by atoms with Crippen molar-refractivity contribution in [2.24, 2.45) is 0 Å². The second-order valence-corrected chi connectivity index (χ2v) is 7.06. The molecule has 6 heteroatoms. The van der Waals surface area contributed by atoms with Crippen molar-refractivity contribution in [2.45, 2.75) is 11.8 Å². The van der Waals surface area contributed by atoms with Crippen LogP contribution in [0.5, 0.6) is 0 Å². The van der Waals surface area contributed by atoms with Crippen LogP contribution in [0.15, 0.2) is 58.2 Å². The van der Waals surface area contributed by atoms with Gasteiger partial charge in [0.25, 0.3) is 10.0 Å². The molecule has 0 spiro atoms. The number of nitrogens with zero attached hydrogens (tertiary/aromatic N) is 2. The maximum absolute atomic E-state index is 12.7. The van der Waals surface area contributed by atoms with Crippen molar-refractivity contribution in [3.8, 4) is 0 Å². The Morgan fingerprint density at radius 1 is 1.15 bits per heavy atom. The van der Waals surface area contributed by atoms with Crippen LogP contribution < -0.4 is 0 Å². The second kappa shape index (κ2) is 4.71. The van der Waals surface area contributed by atoms with Crippen molar-refractivity contribution in [2.75, 3.05) is 0 Å². The molecule has 4 nitrogen and oxygen atoms in total. The minimum Gasteiger partial charge on any atom is -0.253 e. The summed E-state index contributed by atoms with van der Waals surface area (Å²) in [6.45, 7) is 1.87. The number of benzene rings is 1. The van der Waals surface area contributed by atoms with E-state index < -0.39 is 10.0 Å². The number of aryl methyl sites for hydroxylation is 1. The lowest BCUT2D eigenvalue weighted by Gasteiger charge is -2.09. The van der Waals surface area contributed by atoms with Crippen LogP contribution in [-0.4, -0.2) is 17.4 Å². The molecule has 0 saturated heterocycles. The zero-order valence-electron chi connectivity index (χ0n) is 10.6. The predicted octanol–water partition coefficient (Wildman–Crippen LogP) is 3.34. The van der Waals surface area contributed by atoms with Crippen molar-refractivity contribution >= 4 is 37.0 Å². The molecule has 0 radical (unpaired) electrons. The highest BCUT2D eigenvalue weighted by molar-refractivity contribution is 9.10. The summed E-state index contributed by atoms with van der Waals surface area (Å²) >= 11 is 3.39. The molecule has 0 atom stereocenters. The Morgan fingerprint density at radius 3 is 2.55 bits per heavy atom. The Labute approximate surface area is 125 Å². The zero-order valence-corrected chi connectivity index (χ0v) is 13.0. The summed E-state index contributed by atoms with van der Waals surface area (Å²) in [6, 6.07) is 10.1. The SMILES string of the molecule is Cc1c(Br)cnc2ccn(S(=O)(=O)c3ccccc3)c12. The lowest BCUT2D eigenvalue weighted by molar-refractivity contribution is 0.589. The first-order chi connectivity index (χ1) is 9.51. The van der Waals surface area contributed by atoms with E-state index in [1.54, 1.807) is 48.8 Å². The fraction of sp³-hybridized carbons (Fsp3) is 0.0714. The van der Waals surface area contributed by atoms with Crippen LogP contribution in [0.3, 0.4) is 0 Å². The third kappa shape index (κ3) is 1.96. The van der Waals surface area contributed by atoms with Gasteiger partial charge in [0, 0.05) is 16.9 Å². The molecule has 0 aliphatic carbocycles. The van der Waals surface area contributed by atoms with Crippen molar-refractivity contribution < 1.29 is 8.42 Å². The predicted molar refractivity (Wildman–Crippen MR) is 81.2 cm³/mol. The van der Waals surface area contributed by atoms with Crippen molar-refractivity contribution in [3.05, 3.63) is 58.8 Å². The summed E-state index contributed by atoms with van der Waals surface area (Å²) in [6.07, 6.45) is 3.22. The minimum atomic E-state index is -3.61. The second-order valence-electron chi connectivity index (χ2n) is 4.39. The molecule has 0 aliphatic rings. The van der Waals surface area contributed by atoms with Gasteiger partial charge >= 0.3 is 0 Å². The smallest absolute Gasteiger partial charge is 0.253 e. The lowest BCUT2D eigenvalue weighted by atomic mass is 10.2. The van der Waals surface area contributed by atoms with Gasteiger partial charge in [0.05, 0.1) is 15.9 Å². The number of pyridine rings is 1. The molecule has 0 bridgehead atoms. The number of aromatic nitrogens is 2. The van der Waals surface area contributed by atoms with E-state index in [2.05, 4.69) is 20.9 Å². The molecule has 0 amide bonds. The van der Waals surface area contributed by atoms with Crippen LogP contribution in [-0.2, 0) is 10.0 Å². The number of fused-ring (bicyclic) bond motifs is 1. The Hall–Kier alpha value is -1.66. The van der Waals surface area contributed by atoms with Crippen LogP contribution >= 0.6 is 15.9 Å². The van der Waals surface area contributed by atoms with Gasteiger partial charge in [0.2, 0.25) is 0 Å². The molecule has 102 valence electrons. The molecule has 0 unspecified atom stereocenters. The van der Waals surface area contributed by atoms with Crippen LogP contribution in [0.4, 0.5) is 0 Å². The van der Waals surface area contributed by atoms with Gasteiger partial charge in [-0.15, -0.1) is 0 Å². The maximum Gasteiger partial charge on any atom is 0.268 e. The molecule has 1 aromatic carbocycles. The molecule has 3 rings (SSSR count). The fourth-order valence-corrected chi connectivity index (χ4v) is 3.82. The summed E-state index contributed by atoms with van der Waals surface area (Å²) in [4.78, 5) is 4.50. The van der Waals surface area contributed by atoms with E-state index in [1.165, 1.54) is 3.97 Å². The first kappa shape index (κ1) is 13.3. The highest BCUT2D eigenvalue weighted by Gasteiger charge is 2.20. The van der Waals surface area contributed by atoms with Gasteiger partial charge < -0.3 is 0 Å². The summed E-state index contributed by atoms with van der Waals surface area (Å²) in [5.41, 5.74) is 2.10. The normalized spacial score (nSPS) is 11.9. The highest BCUT2D eigenvalue weighted by Crippen LogP contribution is 2.27. The number of hydrogen-bond donors (Lipinski definition) is 0. The monoisotopic (exact) mass is 350 g/mol. The molecule has 0 aliphatic heterocycles. The highest BCUT2D eigenvalue weighted by atomic mass is 79.9. The van der Waals surface area contributed by atoms with E-state index in [0.29, 0.717) is 11.0 Å². The van der Waals surface area contributed by atoms with Gasteiger partial charge in [-0.25, -0.2) is 12.4 Å². The maximum atomic E-state index is 12.7. The van der Waals surface area contributed by atoms with Gasteiger partial charge in [-0.2, -0.15) is 0 Å². The average Bonchev–Trinajstić information content (AvgIpc) is 2.89. The average molecular weight is 351 g/mol. The third-order valence-electron chi connectivity index (χ3n) is 3.16. The summed E-state index contributed by atoms with van der Waals surface area (Å²) in [7, 11) is -3.61. The van der Waals surface area contributed by atoms with Crippen LogP contribution in [0.25, 0.3) is 11.0 Å². The van der Waals surface area contributed by atoms with E-state index in [0.717, 1.165) is 10.0 Å². The first-order valence-corrected chi connectivity index (χ1v) is 8.18. The van der Waals surface area contributed by atoms with Gasteiger partial charge in [-0.3, -0.25) is 4.98 Å². The topological polar surface area (TPSA) is 52.0 Å². The standard InChI is InChI=1S/C14H11BrN2O2S/c1-10-12(15)9-16-13-7-8-17(14(10)13)20(18,19)11-5-3-2-4-6-11/h2-9H,1H3. The Kier molecular flexibility index (Phi) is 3.14. The Balaban J connectivity index is 2.33. The Bertz CT molecular complexity index is 886. The van der Waals surface area contributed by atoms with Crippen molar-refractivity contribution in [3.63, 3.8) is 0 Å². The fourth-order valence-electron chi connectivity index (χ4n) is 2.11. The summed E-state index contributed by atoms with van der Waals surface area (Å²) < 4.78 is 27.5. The minimum absolute atomic E-state index is 0.261. The number of halogens is 1. The van der Waals surface area contributed by atoms with Crippen LogP contribution in [0.2, 0.25) is 0 Å². The van der Waals surface area contributed by atoms with E-state index >= 15 is 0 Å². The molecular formula is C14H11BrN2O2S. The summed E-state index contributed by atoms with van der Waals surface area (Å²) in [5, 5.41) is 0. The van der Waals surface area contributed by atoms with Gasteiger partial charge in [0.1, 0.15) is 0 Å². The molecule has 3 aromatic rings. The van der Waals surface area contributed by atoms with Gasteiger partial charge in [0.15, 0.2) is 0 Å². The molecule has 20 heavy (non-hydrogen) atoms. The van der Waals surface area contributed by atoms with Crippen molar-refractivity contribution in [1.29, 1.82) is 0 Å². The van der Waals surface area contributed by atoms with E-state index in [4.69, 9.17) is 0 Å². The zero-order chi connectivity index (χ0) is 14.3. The number of rotatable bonds is 2.